The van der Waals surface area contributed by atoms with Crippen molar-refractivity contribution < 1.29 is 4.79 Å². The summed E-state index contributed by atoms with van der Waals surface area (Å²) in [6.07, 6.45) is 7.11. The van der Waals surface area contributed by atoms with Crippen molar-refractivity contribution in [2.45, 2.75) is 38.6 Å². The van der Waals surface area contributed by atoms with Crippen LogP contribution in [0.4, 0.5) is 0 Å². The zero-order valence-electron chi connectivity index (χ0n) is 15.3. The normalized spacial score (nSPS) is 14.9. The summed E-state index contributed by atoms with van der Waals surface area (Å²) in [6.45, 7) is 1.66. The molecule has 0 aliphatic heterocycles. The summed E-state index contributed by atoms with van der Waals surface area (Å²) in [5.74, 6) is -0.384. The van der Waals surface area contributed by atoms with Crippen LogP contribution in [0.1, 0.15) is 41.8 Å². The lowest BCUT2D eigenvalue weighted by molar-refractivity contribution is -0.123. The smallest absolute Gasteiger partial charge is 0.263 e. The van der Waals surface area contributed by atoms with Crippen molar-refractivity contribution in [3.05, 3.63) is 62.0 Å². The Morgan fingerprint density at radius 3 is 3.04 bits per heavy atom. The van der Waals surface area contributed by atoms with Gasteiger partial charge in [-0.2, -0.15) is 5.10 Å². The largest absolute Gasteiger partial charge is 0.286 e. The molecule has 1 N–H and O–H groups in total. The molecule has 0 unspecified atom stereocenters. The number of aryl methyl sites for hydroxylation is 2. The topological polar surface area (TPSA) is 76.3 Å². The number of nitrogens with zero attached hydrogens (tertiary/aromatic N) is 3. The van der Waals surface area contributed by atoms with Crippen LogP contribution in [0.3, 0.4) is 0 Å². The van der Waals surface area contributed by atoms with Crippen LogP contribution in [0, 0.1) is 0 Å². The highest BCUT2D eigenvalue weighted by Crippen LogP contribution is 2.33. The van der Waals surface area contributed by atoms with Crippen molar-refractivity contribution in [3.8, 4) is 0 Å². The molecule has 1 aliphatic rings. The Hall–Kier alpha value is -2.51. The molecule has 0 saturated heterocycles. The fourth-order valence-electron chi connectivity index (χ4n) is 3.41. The molecule has 3 aromatic rings. The number of hydrogen-bond acceptors (Lipinski definition) is 5. The van der Waals surface area contributed by atoms with Crippen LogP contribution in [0.2, 0.25) is 5.02 Å². The molecule has 1 aromatic carbocycles. The Morgan fingerprint density at radius 1 is 1.39 bits per heavy atom. The highest BCUT2D eigenvalue weighted by Gasteiger charge is 2.23. The van der Waals surface area contributed by atoms with Crippen LogP contribution in [-0.4, -0.2) is 21.7 Å². The molecule has 0 fully saturated rings. The summed E-state index contributed by atoms with van der Waals surface area (Å²) in [4.78, 5) is 32.0. The van der Waals surface area contributed by atoms with E-state index < -0.39 is 6.04 Å². The van der Waals surface area contributed by atoms with Crippen LogP contribution in [0.25, 0.3) is 10.2 Å². The quantitative estimate of drug-likeness (QED) is 0.522. The van der Waals surface area contributed by atoms with Crippen molar-refractivity contribution >= 4 is 45.3 Å². The summed E-state index contributed by atoms with van der Waals surface area (Å²) in [5.41, 5.74) is 4.21. The van der Waals surface area contributed by atoms with E-state index in [0.29, 0.717) is 10.4 Å². The van der Waals surface area contributed by atoms with Gasteiger partial charge in [-0.05, 0) is 55.9 Å². The Morgan fingerprint density at radius 2 is 2.21 bits per heavy atom. The minimum Gasteiger partial charge on any atom is -0.286 e. The number of amides is 1. The number of aromatic nitrogens is 2. The van der Waals surface area contributed by atoms with E-state index in [2.05, 4.69) is 15.5 Å². The highest BCUT2D eigenvalue weighted by atomic mass is 35.5. The maximum Gasteiger partial charge on any atom is 0.263 e. The van der Waals surface area contributed by atoms with Crippen molar-refractivity contribution in [2.24, 2.45) is 5.10 Å². The van der Waals surface area contributed by atoms with Gasteiger partial charge in [-0.3, -0.25) is 14.2 Å². The molecular formula is C20H19ClN4O2S. The second-order valence-corrected chi connectivity index (χ2v) is 8.33. The Balaban J connectivity index is 1.56. The zero-order chi connectivity index (χ0) is 19.7. The summed E-state index contributed by atoms with van der Waals surface area (Å²) in [6, 6.07) is 6.41. The lowest BCUT2D eigenvalue weighted by atomic mass is 9.97. The van der Waals surface area contributed by atoms with Gasteiger partial charge in [0.15, 0.2) is 0 Å². The first-order valence-electron chi connectivity index (χ1n) is 9.14. The fourth-order valence-corrected chi connectivity index (χ4v) is 4.83. The fraction of sp³-hybridized carbons (Fsp3) is 0.300. The van der Waals surface area contributed by atoms with Crippen LogP contribution in [0.15, 0.2) is 40.5 Å². The summed E-state index contributed by atoms with van der Waals surface area (Å²) in [7, 11) is 0. The van der Waals surface area contributed by atoms with E-state index in [1.165, 1.54) is 22.0 Å². The second kappa shape index (κ2) is 7.85. The van der Waals surface area contributed by atoms with Crippen molar-refractivity contribution in [1.82, 2.24) is 15.0 Å². The first kappa shape index (κ1) is 18.8. The Labute approximate surface area is 170 Å². The van der Waals surface area contributed by atoms with Gasteiger partial charge in [-0.25, -0.2) is 10.4 Å². The van der Waals surface area contributed by atoms with Crippen LogP contribution in [0.5, 0.6) is 0 Å². The molecular weight excluding hydrogens is 396 g/mol. The number of hydrogen-bond donors (Lipinski definition) is 1. The number of thiophene rings is 1. The number of halogens is 1. The molecule has 1 atom stereocenters. The SMILES string of the molecule is C[C@H](C(=O)NN=Cc1cccc(Cl)c1)n1cnc2sc3c(c2c1=O)CCCC3. The Bertz CT molecular complexity index is 1130. The number of fused-ring (bicyclic) bond motifs is 3. The molecule has 1 amide bonds. The van der Waals surface area contributed by atoms with E-state index in [-0.39, 0.29) is 11.5 Å². The minimum absolute atomic E-state index is 0.161. The lowest BCUT2D eigenvalue weighted by Crippen LogP contribution is -2.34. The van der Waals surface area contributed by atoms with Gasteiger partial charge < -0.3 is 0 Å². The maximum atomic E-state index is 13.0. The van der Waals surface area contributed by atoms with E-state index in [1.54, 1.807) is 36.5 Å². The molecule has 2 aromatic heterocycles. The van der Waals surface area contributed by atoms with Gasteiger partial charge in [0.25, 0.3) is 11.5 Å². The standard InChI is InChI=1S/C20H19ClN4O2S/c1-12(18(26)24-23-10-13-5-4-6-14(21)9-13)25-11-22-19-17(20(25)27)15-7-2-3-8-16(15)28-19/h4-6,9-12H,2-3,7-8H2,1H3,(H,24,26)/t12-/m1/s1. The number of carbonyl (C=O) groups is 1. The van der Waals surface area contributed by atoms with E-state index >= 15 is 0 Å². The van der Waals surface area contributed by atoms with Crippen molar-refractivity contribution in [3.63, 3.8) is 0 Å². The first-order chi connectivity index (χ1) is 13.5. The van der Waals surface area contributed by atoms with Crippen molar-refractivity contribution in [1.29, 1.82) is 0 Å². The monoisotopic (exact) mass is 414 g/mol. The Kier molecular flexibility index (Phi) is 5.28. The van der Waals surface area contributed by atoms with Gasteiger partial charge in [0.2, 0.25) is 0 Å². The third-order valence-electron chi connectivity index (χ3n) is 4.93. The number of benzene rings is 1. The van der Waals surface area contributed by atoms with E-state index in [1.807, 2.05) is 6.07 Å². The summed E-state index contributed by atoms with van der Waals surface area (Å²) >= 11 is 7.53. The van der Waals surface area contributed by atoms with Gasteiger partial charge in [0.05, 0.1) is 17.9 Å². The maximum absolute atomic E-state index is 13.0. The third-order valence-corrected chi connectivity index (χ3v) is 6.37. The van der Waals surface area contributed by atoms with Gasteiger partial charge in [0.1, 0.15) is 10.9 Å². The molecule has 8 heteroatoms. The molecule has 0 spiro atoms. The minimum atomic E-state index is -0.722. The molecule has 28 heavy (non-hydrogen) atoms. The molecule has 144 valence electrons. The summed E-state index contributed by atoms with van der Waals surface area (Å²) < 4.78 is 1.38. The predicted molar refractivity (Wildman–Crippen MR) is 112 cm³/mol. The third kappa shape index (κ3) is 3.59. The van der Waals surface area contributed by atoms with Gasteiger partial charge in [0, 0.05) is 9.90 Å². The van der Waals surface area contributed by atoms with E-state index in [4.69, 9.17) is 11.6 Å². The van der Waals surface area contributed by atoms with E-state index in [0.717, 1.165) is 41.6 Å². The van der Waals surface area contributed by atoms with E-state index in [9.17, 15) is 9.59 Å². The molecule has 0 bridgehead atoms. The average molecular weight is 415 g/mol. The molecule has 4 rings (SSSR count). The molecule has 0 radical (unpaired) electrons. The summed E-state index contributed by atoms with van der Waals surface area (Å²) in [5, 5.41) is 5.23. The van der Waals surface area contributed by atoms with Crippen LogP contribution >= 0.6 is 22.9 Å². The van der Waals surface area contributed by atoms with Gasteiger partial charge in [-0.15, -0.1) is 11.3 Å². The number of nitrogens with one attached hydrogen (secondary N) is 1. The zero-order valence-corrected chi connectivity index (χ0v) is 16.9. The molecule has 6 nitrogen and oxygen atoms in total. The molecule has 0 saturated carbocycles. The van der Waals surface area contributed by atoms with Gasteiger partial charge in [-0.1, -0.05) is 23.7 Å². The van der Waals surface area contributed by atoms with Crippen LogP contribution < -0.4 is 11.0 Å². The van der Waals surface area contributed by atoms with Crippen molar-refractivity contribution in [2.75, 3.05) is 0 Å². The van der Waals surface area contributed by atoms with Crippen LogP contribution in [-0.2, 0) is 17.6 Å². The molecule has 1 aliphatic carbocycles. The predicted octanol–water partition coefficient (Wildman–Crippen LogP) is 3.70. The first-order valence-corrected chi connectivity index (χ1v) is 10.3. The van der Waals surface area contributed by atoms with Gasteiger partial charge >= 0.3 is 0 Å². The number of hydrazone groups is 1. The molecule has 2 heterocycles. The number of carbonyl (C=O) groups excluding carboxylic acids is 1. The second-order valence-electron chi connectivity index (χ2n) is 6.81. The average Bonchev–Trinajstić information content (AvgIpc) is 3.07. The highest BCUT2D eigenvalue weighted by molar-refractivity contribution is 7.18. The number of rotatable bonds is 4. The lowest BCUT2D eigenvalue weighted by Gasteiger charge is -2.14.